The molecule has 4 nitrogen and oxygen atoms in total. The first-order chi connectivity index (χ1) is 6.28. The van der Waals surface area contributed by atoms with Crippen LogP contribution in [0.3, 0.4) is 0 Å². The van der Waals surface area contributed by atoms with Crippen molar-refractivity contribution in [3.05, 3.63) is 10.1 Å². The van der Waals surface area contributed by atoms with Crippen LogP contribution in [-0.4, -0.2) is 11.7 Å². The molecule has 0 radical (unpaired) electrons. The maximum absolute atomic E-state index is 10.1. The third-order valence-corrected chi connectivity index (χ3v) is 6.10. The lowest BCUT2D eigenvalue weighted by Crippen LogP contribution is -3.06. The van der Waals surface area contributed by atoms with E-state index in [0.717, 1.165) is 41.4 Å². The van der Waals surface area contributed by atoms with Gasteiger partial charge >= 0.3 is 0 Å². The van der Waals surface area contributed by atoms with Gasteiger partial charge in [0.25, 0.3) is 5.09 Å². The minimum Gasteiger partial charge on any atom is -0.313 e. The van der Waals surface area contributed by atoms with Gasteiger partial charge in [0.05, 0.1) is 0 Å². The lowest BCUT2D eigenvalue weighted by atomic mass is 8.97. The maximum atomic E-state index is 10.1. The molecule has 6 fully saturated rings. The summed E-state index contributed by atoms with van der Waals surface area (Å²) in [6.45, 7) is 0.413. The molecule has 0 aliphatic heterocycles. The molecule has 0 saturated heterocycles. The predicted molar refractivity (Wildman–Crippen MR) is 39.8 cm³/mol. The van der Waals surface area contributed by atoms with Gasteiger partial charge in [0.15, 0.2) is 0 Å². The van der Waals surface area contributed by atoms with Gasteiger partial charge in [0.2, 0.25) is 0 Å². The molecule has 0 spiro atoms. The van der Waals surface area contributed by atoms with E-state index >= 15 is 0 Å². The molecule has 0 heterocycles. The predicted octanol–water partition coefficient (Wildman–Crippen LogP) is 0.562. The highest BCUT2D eigenvalue weighted by Crippen LogP contribution is 3.05. The Balaban J connectivity index is 1.45. The van der Waals surface area contributed by atoms with Crippen LogP contribution < -0.4 is 0 Å². The van der Waals surface area contributed by atoms with Gasteiger partial charge < -0.3 is 4.84 Å². The van der Waals surface area contributed by atoms with Crippen LogP contribution in [0.4, 0.5) is 0 Å². The third-order valence-electron chi connectivity index (χ3n) is 6.10. The molecule has 0 bridgehead atoms. The number of rotatable bonds is 3. The monoisotopic (exact) mass is 179 g/mol. The van der Waals surface area contributed by atoms with Crippen LogP contribution in [0.2, 0.25) is 0 Å². The summed E-state index contributed by atoms with van der Waals surface area (Å²) < 4.78 is 0. The van der Waals surface area contributed by atoms with Crippen LogP contribution in [0.1, 0.15) is 0 Å². The van der Waals surface area contributed by atoms with E-state index in [0.29, 0.717) is 12.0 Å². The summed E-state index contributed by atoms with van der Waals surface area (Å²) in [6, 6.07) is 0. The molecule has 0 aromatic heterocycles. The van der Waals surface area contributed by atoms with Crippen molar-refractivity contribution in [2.75, 3.05) is 6.61 Å². The van der Waals surface area contributed by atoms with E-state index in [1.165, 1.54) is 0 Å². The van der Waals surface area contributed by atoms with Gasteiger partial charge in [-0.15, -0.1) is 10.1 Å². The highest BCUT2D eigenvalue weighted by Gasteiger charge is 3.04. The molecule has 0 amide bonds. The summed E-state index contributed by atoms with van der Waals surface area (Å²) in [4.78, 5) is 14.7. The van der Waals surface area contributed by atoms with Crippen LogP contribution >= 0.6 is 0 Å². The van der Waals surface area contributed by atoms with Crippen LogP contribution in [0.15, 0.2) is 0 Å². The summed E-state index contributed by atoms with van der Waals surface area (Å²) in [6.07, 6.45) is 0. The van der Waals surface area contributed by atoms with Crippen molar-refractivity contribution < 1.29 is 9.92 Å². The Morgan fingerprint density at radius 1 is 1.15 bits per heavy atom. The van der Waals surface area contributed by atoms with E-state index in [4.69, 9.17) is 0 Å². The molecular formula is C9H9NO3. The zero-order valence-corrected chi connectivity index (χ0v) is 6.92. The van der Waals surface area contributed by atoms with E-state index in [9.17, 15) is 10.1 Å². The Labute approximate surface area is 74.4 Å². The smallest absolute Gasteiger partial charge is 0.294 e. The zero-order chi connectivity index (χ0) is 8.53. The molecule has 0 unspecified atom stereocenters. The minimum absolute atomic E-state index is 0.335. The fourth-order valence-electron chi connectivity index (χ4n) is 6.12. The molecule has 6 aliphatic rings. The fraction of sp³-hybridized carbons (Fsp3) is 1.00. The van der Waals surface area contributed by atoms with Crippen LogP contribution in [0.25, 0.3) is 0 Å². The van der Waals surface area contributed by atoms with E-state index in [1.54, 1.807) is 0 Å². The van der Waals surface area contributed by atoms with Gasteiger partial charge in [-0.3, -0.25) is 0 Å². The standard InChI is InChI=1S/C9H9NO3/c11-10(12)13-1-9-6-3-2-4(6)8(9)5(2)7(3)9/h2-8H,1H2. The van der Waals surface area contributed by atoms with Gasteiger partial charge in [0.1, 0.15) is 6.61 Å². The SMILES string of the molecule is O=[N+]([O-])OCC12C3C4C5C3C1C5C42. The second-order valence-electron chi connectivity index (χ2n) is 5.50. The maximum Gasteiger partial charge on any atom is 0.294 e. The fourth-order valence-corrected chi connectivity index (χ4v) is 6.12. The molecule has 0 atom stereocenters. The number of nitrogens with zero attached hydrogens (tertiary/aromatic N) is 1. The number of hydrogen-bond acceptors (Lipinski definition) is 3. The van der Waals surface area contributed by atoms with Crippen molar-refractivity contribution >= 4 is 0 Å². The Hall–Kier alpha value is -0.800. The molecule has 6 rings (SSSR count). The Morgan fingerprint density at radius 2 is 1.69 bits per heavy atom. The Morgan fingerprint density at radius 3 is 2.15 bits per heavy atom. The summed E-state index contributed by atoms with van der Waals surface area (Å²) in [5.74, 6) is 6.64. The molecule has 4 heteroatoms. The summed E-state index contributed by atoms with van der Waals surface area (Å²) in [5.41, 5.74) is 0.335. The van der Waals surface area contributed by atoms with Gasteiger partial charge in [-0.1, -0.05) is 0 Å². The van der Waals surface area contributed by atoms with E-state index in [-0.39, 0.29) is 0 Å². The molecule has 0 N–H and O–H groups in total. The van der Waals surface area contributed by atoms with Crippen molar-refractivity contribution in [1.29, 1.82) is 0 Å². The van der Waals surface area contributed by atoms with E-state index in [2.05, 4.69) is 4.84 Å². The molecular weight excluding hydrogens is 170 g/mol. The van der Waals surface area contributed by atoms with Crippen molar-refractivity contribution in [2.24, 2.45) is 46.8 Å². The lowest BCUT2D eigenvalue weighted by molar-refractivity contribution is -0.775. The van der Waals surface area contributed by atoms with Gasteiger partial charge in [-0.05, 0) is 41.4 Å². The molecule has 6 aliphatic carbocycles. The summed E-state index contributed by atoms with van der Waals surface area (Å²) in [5, 5.41) is 9.50. The van der Waals surface area contributed by atoms with Crippen LogP contribution in [0, 0.1) is 57.0 Å². The van der Waals surface area contributed by atoms with Crippen molar-refractivity contribution in [3.8, 4) is 0 Å². The molecule has 13 heavy (non-hydrogen) atoms. The van der Waals surface area contributed by atoms with Crippen LogP contribution in [0.5, 0.6) is 0 Å². The molecule has 0 aromatic carbocycles. The molecule has 68 valence electrons. The Kier molecular flexibility index (Phi) is 0.537. The highest BCUT2D eigenvalue weighted by molar-refractivity contribution is 5.49. The first-order valence-corrected chi connectivity index (χ1v) is 5.06. The lowest BCUT2D eigenvalue weighted by Gasteiger charge is -3.07. The normalized spacial score (nSPS) is 76.2. The van der Waals surface area contributed by atoms with Crippen molar-refractivity contribution in [2.45, 2.75) is 0 Å². The second kappa shape index (κ2) is 1.20. The first-order valence-electron chi connectivity index (χ1n) is 5.06. The van der Waals surface area contributed by atoms with Crippen LogP contribution in [-0.2, 0) is 4.84 Å². The van der Waals surface area contributed by atoms with Gasteiger partial charge in [0, 0.05) is 5.41 Å². The average molecular weight is 179 g/mol. The Bertz CT molecular complexity index is 315. The van der Waals surface area contributed by atoms with Gasteiger partial charge in [-0.25, -0.2) is 0 Å². The topological polar surface area (TPSA) is 52.4 Å². The van der Waals surface area contributed by atoms with Crippen molar-refractivity contribution in [1.82, 2.24) is 0 Å². The zero-order valence-electron chi connectivity index (χ0n) is 6.92. The third kappa shape index (κ3) is 0.270. The van der Waals surface area contributed by atoms with E-state index < -0.39 is 5.09 Å². The molecule has 0 aromatic rings. The quantitative estimate of drug-likeness (QED) is 0.470. The summed E-state index contributed by atoms with van der Waals surface area (Å²) in [7, 11) is 0. The number of hydrogen-bond donors (Lipinski definition) is 0. The molecule has 6 saturated carbocycles. The van der Waals surface area contributed by atoms with Crippen molar-refractivity contribution in [3.63, 3.8) is 0 Å². The first kappa shape index (κ1) is 5.83. The summed E-state index contributed by atoms with van der Waals surface area (Å²) >= 11 is 0. The van der Waals surface area contributed by atoms with Gasteiger partial charge in [-0.2, -0.15) is 0 Å². The minimum atomic E-state index is -0.623. The highest BCUT2D eigenvalue weighted by atomic mass is 16.9. The average Bonchev–Trinajstić information content (AvgIpc) is 2.15. The largest absolute Gasteiger partial charge is 0.313 e. The second-order valence-corrected chi connectivity index (χ2v) is 5.50. The van der Waals surface area contributed by atoms with E-state index in [1.807, 2.05) is 0 Å².